The highest BCUT2D eigenvalue weighted by molar-refractivity contribution is 5.82. The Balaban J connectivity index is 0.000000123. The number of carbonyl (C=O) groups is 2. The SMILES string of the molecule is CC(=O)[C@@H]1C[C@@]23C=C[C@]1(C)[C@@H]1Oc4c(C)ccc5c4[C@@]12CCN(C)[C@@H]3C5.CC(=O)[C@H]1C[C@@]23C=C[C@]1(C)[C@@H]1Oc4c(C)ccc5c4[C@@]12CCN(C)[C@@H]3C5. The fourth-order valence-corrected chi connectivity index (χ4v) is 15.5. The molecule has 2 aromatic rings. The third kappa shape index (κ3) is 3.14. The number of ketones is 2. The van der Waals surface area contributed by atoms with Crippen molar-refractivity contribution in [1.29, 1.82) is 0 Å². The number of rotatable bonds is 2. The van der Waals surface area contributed by atoms with Gasteiger partial charge in [-0.3, -0.25) is 9.59 Å². The zero-order valence-corrected chi connectivity index (χ0v) is 32.3. The highest BCUT2D eigenvalue weighted by atomic mass is 16.5. The second kappa shape index (κ2) is 9.52. The van der Waals surface area contributed by atoms with Crippen molar-refractivity contribution in [3.8, 4) is 11.5 Å². The summed E-state index contributed by atoms with van der Waals surface area (Å²) in [4.78, 5) is 30.5. The number of Topliss-reactive ketones (excluding diaryl/α,β-unsaturated/α-hetero) is 2. The highest BCUT2D eigenvalue weighted by Gasteiger charge is 2.79. The lowest BCUT2D eigenvalue weighted by Gasteiger charge is -2.71. The van der Waals surface area contributed by atoms with Crippen LogP contribution >= 0.6 is 0 Å². The number of carbonyl (C=O) groups excluding carboxylic acids is 2. The first-order chi connectivity index (χ1) is 24.7. The molecule has 4 fully saturated rings. The summed E-state index contributed by atoms with van der Waals surface area (Å²) in [5, 5.41) is 0. The minimum Gasteiger partial charge on any atom is -0.488 e. The van der Waals surface area contributed by atoms with E-state index in [9.17, 15) is 9.59 Å². The van der Waals surface area contributed by atoms with Gasteiger partial charge in [-0.2, -0.15) is 0 Å². The van der Waals surface area contributed by atoms with Crippen molar-refractivity contribution in [1.82, 2.24) is 9.80 Å². The first-order valence-corrected chi connectivity index (χ1v) is 20.1. The van der Waals surface area contributed by atoms with Crippen LogP contribution in [0.1, 0.15) is 86.8 Å². The number of hydrogen-bond acceptors (Lipinski definition) is 6. The van der Waals surface area contributed by atoms with Crippen molar-refractivity contribution in [2.45, 2.75) is 115 Å². The largest absolute Gasteiger partial charge is 0.488 e. The van der Waals surface area contributed by atoms with Crippen molar-refractivity contribution in [2.75, 3.05) is 27.2 Å². The molecule has 12 aliphatic rings. The summed E-state index contributed by atoms with van der Waals surface area (Å²) >= 11 is 0. The van der Waals surface area contributed by atoms with Crippen molar-refractivity contribution in [2.24, 2.45) is 33.5 Å². The molecule has 4 heterocycles. The molecule has 6 nitrogen and oxygen atoms in total. The Bertz CT molecular complexity index is 1950. The molecule has 0 aromatic heterocycles. The maximum absolute atomic E-state index is 12.7. The van der Waals surface area contributed by atoms with Gasteiger partial charge in [0.1, 0.15) is 35.3 Å². The number of hydrogen-bond donors (Lipinski definition) is 0. The van der Waals surface area contributed by atoms with E-state index in [1.54, 1.807) is 13.8 Å². The molecule has 4 spiro atoms. The first-order valence-electron chi connectivity index (χ1n) is 20.1. The van der Waals surface area contributed by atoms with Gasteiger partial charge in [0.05, 0.1) is 0 Å². The van der Waals surface area contributed by atoms with E-state index in [0.717, 1.165) is 63.1 Å². The molecule has 8 aliphatic carbocycles. The van der Waals surface area contributed by atoms with Crippen LogP contribution in [0.2, 0.25) is 0 Å². The predicted octanol–water partition coefficient (Wildman–Crippen LogP) is 6.85. The van der Waals surface area contributed by atoms with Gasteiger partial charge < -0.3 is 19.3 Å². The predicted molar refractivity (Wildman–Crippen MR) is 201 cm³/mol. The number of likely N-dealkylation sites (tertiary alicyclic amines) is 2. The lowest BCUT2D eigenvalue weighted by molar-refractivity contribution is -0.172. The maximum atomic E-state index is 12.7. The van der Waals surface area contributed by atoms with Crippen molar-refractivity contribution in [3.63, 3.8) is 0 Å². The number of fused-ring (bicyclic) bond motifs is 2. The third-order valence-electron chi connectivity index (χ3n) is 17.8. The fraction of sp³-hybridized carbons (Fsp3) is 0.609. The van der Waals surface area contributed by atoms with Gasteiger partial charge in [-0.05, 0) is 116 Å². The molecular weight excluding hydrogens is 645 g/mol. The molecule has 8 bridgehead atoms. The summed E-state index contributed by atoms with van der Waals surface area (Å²) in [6.45, 7) is 14.7. The molecule has 4 aliphatic heterocycles. The zero-order valence-electron chi connectivity index (χ0n) is 32.3. The van der Waals surface area contributed by atoms with Gasteiger partial charge >= 0.3 is 0 Å². The monoisotopic (exact) mass is 698 g/mol. The average Bonchev–Trinajstić information content (AvgIpc) is 3.68. The van der Waals surface area contributed by atoms with E-state index in [-0.39, 0.29) is 56.5 Å². The Morgan fingerprint density at radius 2 is 1.06 bits per heavy atom. The van der Waals surface area contributed by atoms with Crippen LogP contribution < -0.4 is 9.47 Å². The standard InChI is InChI=1S/2C23H27NO2/c2*1-13-5-6-15-11-17-22-8-7-21(3,16(12-22)14(2)25)20-23(22,9-10-24(17)4)18(15)19(13)26-20/h2*5-8,16-17,20H,9-12H2,1-4H3/t16-,17+,20-,21-,22+,23-;16-,17-,20+,21+,22-,23+/m01/s1. The second-order valence-corrected chi connectivity index (χ2v) is 19.5. The van der Waals surface area contributed by atoms with Gasteiger partial charge in [-0.1, -0.05) is 62.4 Å². The Hall–Kier alpha value is -3.22. The third-order valence-corrected chi connectivity index (χ3v) is 17.8. The molecular formula is C46H54N2O4. The topological polar surface area (TPSA) is 59.1 Å². The summed E-state index contributed by atoms with van der Waals surface area (Å²) in [5.41, 5.74) is 8.25. The van der Waals surface area contributed by atoms with Crippen molar-refractivity contribution in [3.05, 3.63) is 82.0 Å². The lowest BCUT2D eigenvalue weighted by Crippen LogP contribution is -2.76. The highest BCUT2D eigenvalue weighted by Crippen LogP contribution is 2.77. The molecule has 272 valence electrons. The van der Waals surface area contributed by atoms with E-state index >= 15 is 0 Å². The van der Waals surface area contributed by atoms with Gasteiger partial charge in [0.15, 0.2) is 0 Å². The zero-order chi connectivity index (χ0) is 36.1. The second-order valence-electron chi connectivity index (χ2n) is 19.5. The van der Waals surface area contributed by atoms with E-state index in [4.69, 9.17) is 9.47 Å². The van der Waals surface area contributed by atoms with Crippen LogP contribution in [0.5, 0.6) is 11.5 Å². The van der Waals surface area contributed by atoms with E-state index in [1.807, 2.05) is 0 Å². The van der Waals surface area contributed by atoms with Crippen LogP contribution in [0, 0.1) is 47.3 Å². The number of likely N-dealkylation sites (N-methyl/N-ethyl adjacent to an activating group) is 2. The van der Waals surface area contributed by atoms with E-state index in [0.29, 0.717) is 23.7 Å². The molecule has 0 amide bonds. The Morgan fingerprint density at radius 1 is 0.654 bits per heavy atom. The number of nitrogens with zero attached hydrogens (tertiary/aromatic N) is 2. The van der Waals surface area contributed by atoms with E-state index in [2.05, 4.69) is 100 Å². The summed E-state index contributed by atoms with van der Waals surface area (Å²) in [6.07, 6.45) is 16.3. The molecule has 2 saturated carbocycles. The fourth-order valence-electron chi connectivity index (χ4n) is 15.5. The number of benzene rings is 2. The Labute approximate surface area is 309 Å². The van der Waals surface area contributed by atoms with Crippen LogP contribution in [0.15, 0.2) is 48.6 Å². The number of piperidine rings is 2. The number of ether oxygens (including phenoxy) is 2. The van der Waals surface area contributed by atoms with Crippen molar-refractivity contribution < 1.29 is 19.1 Å². The van der Waals surface area contributed by atoms with Crippen LogP contribution in [0.4, 0.5) is 0 Å². The Kier molecular flexibility index (Phi) is 5.90. The number of aryl methyl sites for hydroxylation is 2. The van der Waals surface area contributed by atoms with Crippen LogP contribution in [-0.4, -0.2) is 72.8 Å². The lowest BCUT2D eigenvalue weighted by atomic mass is 9.35. The molecule has 52 heavy (non-hydrogen) atoms. The minimum absolute atomic E-state index is 0.0325. The van der Waals surface area contributed by atoms with Crippen LogP contribution in [0.25, 0.3) is 0 Å². The molecule has 2 aromatic carbocycles. The van der Waals surface area contributed by atoms with Gasteiger partial charge in [-0.15, -0.1) is 0 Å². The maximum Gasteiger partial charge on any atom is 0.133 e. The van der Waals surface area contributed by atoms with Gasteiger partial charge in [-0.25, -0.2) is 0 Å². The summed E-state index contributed by atoms with van der Waals surface area (Å²) in [5.74, 6) is 3.06. The molecule has 0 radical (unpaired) electrons. The van der Waals surface area contributed by atoms with Gasteiger partial charge in [0.2, 0.25) is 0 Å². The molecule has 2 saturated heterocycles. The first kappa shape index (κ1) is 32.2. The molecule has 6 heteroatoms. The van der Waals surface area contributed by atoms with E-state index in [1.165, 1.54) is 33.4 Å². The van der Waals surface area contributed by atoms with Gasteiger partial charge in [0.25, 0.3) is 0 Å². The minimum atomic E-state index is -0.200. The quantitative estimate of drug-likeness (QED) is 0.320. The van der Waals surface area contributed by atoms with Crippen LogP contribution in [0.3, 0.4) is 0 Å². The average molecular weight is 699 g/mol. The Morgan fingerprint density at radius 3 is 1.44 bits per heavy atom. The summed E-state index contributed by atoms with van der Waals surface area (Å²) in [7, 11) is 4.55. The molecule has 0 N–H and O–H groups in total. The normalized spacial score (nSPS) is 46.8. The molecule has 14 rings (SSSR count). The van der Waals surface area contributed by atoms with Crippen LogP contribution in [-0.2, 0) is 33.3 Å². The smallest absolute Gasteiger partial charge is 0.133 e. The molecule has 12 atom stereocenters. The van der Waals surface area contributed by atoms with E-state index < -0.39 is 0 Å². The summed E-state index contributed by atoms with van der Waals surface area (Å²) < 4.78 is 13.7. The van der Waals surface area contributed by atoms with Crippen molar-refractivity contribution >= 4 is 11.6 Å². The summed E-state index contributed by atoms with van der Waals surface area (Å²) in [6, 6.07) is 10.1. The molecule has 0 unspecified atom stereocenters. The van der Waals surface area contributed by atoms with Gasteiger partial charge in [0, 0.05) is 67.5 Å².